The summed E-state index contributed by atoms with van der Waals surface area (Å²) >= 11 is 1.79. The topological polar surface area (TPSA) is 50.9 Å². The molecule has 16 heavy (non-hydrogen) atoms. The molecule has 3 N–H and O–H groups in total. The second kappa shape index (κ2) is 6.33. The lowest BCUT2D eigenvalue weighted by Crippen LogP contribution is -2.38. The molecule has 4 heteroatoms. The summed E-state index contributed by atoms with van der Waals surface area (Å²) < 4.78 is 0. The number of hydrogen-bond donors (Lipinski definition) is 2. The van der Waals surface area contributed by atoms with Crippen molar-refractivity contribution in [2.75, 3.05) is 6.54 Å². The van der Waals surface area contributed by atoms with Crippen LogP contribution < -0.4 is 11.1 Å². The molecular formula is C12H23N3S. The lowest BCUT2D eigenvalue weighted by atomic mass is 10.1. The summed E-state index contributed by atoms with van der Waals surface area (Å²) in [5.41, 5.74) is 5.99. The molecule has 3 nitrogen and oxygen atoms in total. The van der Waals surface area contributed by atoms with Crippen LogP contribution in [0.5, 0.6) is 0 Å². The fourth-order valence-electron chi connectivity index (χ4n) is 1.32. The molecule has 0 spiro atoms. The first kappa shape index (κ1) is 13.6. The van der Waals surface area contributed by atoms with Crippen molar-refractivity contribution in [1.82, 2.24) is 10.3 Å². The van der Waals surface area contributed by atoms with Gasteiger partial charge in [0.2, 0.25) is 0 Å². The van der Waals surface area contributed by atoms with E-state index in [1.54, 1.807) is 11.3 Å². The fourth-order valence-corrected chi connectivity index (χ4v) is 2.21. The third kappa shape index (κ3) is 3.85. The molecule has 0 aliphatic heterocycles. The zero-order valence-corrected chi connectivity index (χ0v) is 11.5. The number of nitrogens with one attached hydrogen (secondary N) is 1. The van der Waals surface area contributed by atoms with Gasteiger partial charge in [-0.25, -0.2) is 4.98 Å². The van der Waals surface area contributed by atoms with Gasteiger partial charge in [0.05, 0.1) is 6.04 Å². The SMILES string of the molecule is CCc1cnc(C(C)NCC(N)C(C)C)s1. The summed E-state index contributed by atoms with van der Waals surface area (Å²) in [4.78, 5) is 5.77. The Kier molecular flexibility index (Phi) is 5.38. The summed E-state index contributed by atoms with van der Waals surface area (Å²) in [6, 6.07) is 0.517. The number of nitrogens with two attached hydrogens (primary N) is 1. The predicted octanol–water partition coefficient (Wildman–Crippen LogP) is 2.34. The van der Waals surface area contributed by atoms with Crippen LogP contribution in [0.3, 0.4) is 0 Å². The van der Waals surface area contributed by atoms with Crippen LogP contribution in [0.15, 0.2) is 6.20 Å². The Bertz CT molecular complexity index is 309. The van der Waals surface area contributed by atoms with Crippen LogP contribution in [0.2, 0.25) is 0 Å². The van der Waals surface area contributed by atoms with Crippen molar-refractivity contribution in [1.29, 1.82) is 0 Å². The molecule has 1 heterocycles. The lowest BCUT2D eigenvalue weighted by Gasteiger charge is -2.18. The monoisotopic (exact) mass is 241 g/mol. The Labute approximate surface area is 102 Å². The maximum atomic E-state index is 5.99. The molecule has 0 aliphatic rings. The molecule has 0 aliphatic carbocycles. The van der Waals surface area contributed by atoms with Crippen molar-refractivity contribution in [3.8, 4) is 0 Å². The highest BCUT2D eigenvalue weighted by Gasteiger charge is 2.12. The summed E-state index contributed by atoms with van der Waals surface area (Å²) in [7, 11) is 0. The highest BCUT2D eigenvalue weighted by atomic mass is 32.1. The van der Waals surface area contributed by atoms with E-state index in [9.17, 15) is 0 Å². The maximum absolute atomic E-state index is 5.99. The van der Waals surface area contributed by atoms with Crippen LogP contribution in [0.4, 0.5) is 0 Å². The van der Waals surface area contributed by atoms with Crippen molar-refractivity contribution >= 4 is 11.3 Å². The van der Waals surface area contributed by atoms with Gasteiger partial charge in [-0.15, -0.1) is 11.3 Å². The second-order valence-corrected chi connectivity index (χ2v) is 5.70. The van der Waals surface area contributed by atoms with Gasteiger partial charge >= 0.3 is 0 Å². The molecule has 0 aromatic carbocycles. The fraction of sp³-hybridized carbons (Fsp3) is 0.750. The summed E-state index contributed by atoms with van der Waals surface area (Å²) in [5, 5.41) is 4.60. The van der Waals surface area contributed by atoms with Gasteiger partial charge in [-0.3, -0.25) is 0 Å². The van der Waals surface area contributed by atoms with Gasteiger partial charge in [0, 0.05) is 23.7 Å². The number of nitrogens with zero attached hydrogens (tertiary/aromatic N) is 1. The van der Waals surface area contributed by atoms with E-state index in [0.717, 1.165) is 18.0 Å². The minimum absolute atomic E-state index is 0.216. The second-order valence-electron chi connectivity index (χ2n) is 4.56. The van der Waals surface area contributed by atoms with E-state index in [0.29, 0.717) is 12.0 Å². The number of hydrogen-bond acceptors (Lipinski definition) is 4. The molecule has 1 rings (SSSR count). The standard InChI is InChI=1S/C12H23N3S/c1-5-10-6-15-12(16-10)9(4)14-7-11(13)8(2)3/h6,8-9,11,14H,5,7,13H2,1-4H3. The van der Waals surface area contributed by atoms with E-state index in [-0.39, 0.29) is 6.04 Å². The van der Waals surface area contributed by atoms with Crippen LogP contribution in [-0.4, -0.2) is 17.6 Å². The molecule has 0 amide bonds. The number of aromatic nitrogens is 1. The van der Waals surface area contributed by atoms with E-state index >= 15 is 0 Å². The van der Waals surface area contributed by atoms with Crippen molar-refractivity contribution in [2.24, 2.45) is 11.7 Å². The van der Waals surface area contributed by atoms with E-state index < -0.39 is 0 Å². The predicted molar refractivity (Wildman–Crippen MR) is 70.7 cm³/mol. The Hall–Kier alpha value is -0.450. The summed E-state index contributed by atoms with van der Waals surface area (Å²) in [5.74, 6) is 0.516. The molecule has 1 aromatic heterocycles. The molecule has 0 fully saturated rings. The maximum Gasteiger partial charge on any atom is 0.109 e. The van der Waals surface area contributed by atoms with Crippen LogP contribution in [0.1, 0.15) is 43.6 Å². The first-order valence-corrected chi connectivity index (χ1v) is 6.79. The summed E-state index contributed by atoms with van der Waals surface area (Å²) in [6.45, 7) is 9.44. The van der Waals surface area contributed by atoms with E-state index in [2.05, 4.69) is 38.0 Å². The van der Waals surface area contributed by atoms with Crippen LogP contribution in [0, 0.1) is 5.92 Å². The van der Waals surface area contributed by atoms with Gasteiger partial charge < -0.3 is 11.1 Å². The number of thiazole rings is 1. The zero-order chi connectivity index (χ0) is 12.1. The third-order valence-corrected chi connectivity index (χ3v) is 4.13. The van der Waals surface area contributed by atoms with Crippen molar-refractivity contribution in [3.63, 3.8) is 0 Å². The average Bonchev–Trinajstić information content (AvgIpc) is 2.73. The molecule has 0 saturated heterocycles. The molecule has 92 valence electrons. The number of aryl methyl sites for hydroxylation is 1. The zero-order valence-electron chi connectivity index (χ0n) is 10.7. The molecular weight excluding hydrogens is 218 g/mol. The van der Waals surface area contributed by atoms with Gasteiger partial charge in [0.15, 0.2) is 0 Å². The van der Waals surface area contributed by atoms with E-state index in [4.69, 9.17) is 5.73 Å². The molecule has 1 aromatic rings. The minimum Gasteiger partial charge on any atom is -0.326 e. The first-order valence-electron chi connectivity index (χ1n) is 5.98. The Morgan fingerprint density at radius 2 is 2.12 bits per heavy atom. The molecule has 0 bridgehead atoms. The van der Waals surface area contributed by atoms with Crippen molar-refractivity contribution < 1.29 is 0 Å². The first-order chi connectivity index (χ1) is 7.54. The highest BCUT2D eigenvalue weighted by Crippen LogP contribution is 2.20. The van der Waals surface area contributed by atoms with Gasteiger partial charge in [-0.1, -0.05) is 20.8 Å². The Morgan fingerprint density at radius 3 is 2.62 bits per heavy atom. The van der Waals surface area contributed by atoms with Gasteiger partial charge in [0.25, 0.3) is 0 Å². The lowest BCUT2D eigenvalue weighted by molar-refractivity contribution is 0.434. The van der Waals surface area contributed by atoms with Gasteiger partial charge in [-0.05, 0) is 19.3 Å². The number of rotatable bonds is 6. The van der Waals surface area contributed by atoms with E-state index in [1.807, 2.05) is 6.20 Å². The molecule has 0 radical (unpaired) electrons. The Balaban J connectivity index is 2.43. The Morgan fingerprint density at radius 1 is 1.44 bits per heavy atom. The summed E-state index contributed by atoms with van der Waals surface area (Å²) in [6.07, 6.45) is 3.04. The largest absolute Gasteiger partial charge is 0.326 e. The average molecular weight is 241 g/mol. The highest BCUT2D eigenvalue weighted by molar-refractivity contribution is 7.11. The normalized spacial score (nSPS) is 15.4. The van der Waals surface area contributed by atoms with Gasteiger partial charge in [-0.2, -0.15) is 0 Å². The quantitative estimate of drug-likeness (QED) is 0.804. The van der Waals surface area contributed by atoms with E-state index in [1.165, 1.54) is 4.88 Å². The van der Waals surface area contributed by atoms with Crippen molar-refractivity contribution in [2.45, 2.75) is 46.2 Å². The minimum atomic E-state index is 0.216. The van der Waals surface area contributed by atoms with Gasteiger partial charge in [0.1, 0.15) is 5.01 Å². The smallest absolute Gasteiger partial charge is 0.109 e. The molecule has 2 unspecified atom stereocenters. The van der Waals surface area contributed by atoms with Crippen molar-refractivity contribution in [3.05, 3.63) is 16.1 Å². The van der Waals surface area contributed by atoms with Crippen LogP contribution in [0.25, 0.3) is 0 Å². The third-order valence-electron chi connectivity index (χ3n) is 2.81. The van der Waals surface area contributed by atoms with Crippen LogP contribution >= 0.6 is 11.3 Å². The molecule has 0 saturated carbocycles. The van der Waals surface area contributed by atoms with Crippen LogP contribution in [-0.2, 0) is 6.42 Å². The molecule has 2 atom stereocenters.